The largest absolute Gasteiger partial charge is 0.314 e. The van der Waals surface area contributed by atoms with Crippen LogP contribution in [0.15, 0.2) is 4.73 Å². The van der Waals surface area contributed by atoms with E-state index in [1.165, 1.54) is 0 Å². The summed E-state index contributed by atoms with van der Waals surface area (Å²) in [5, 5.41) is 7.48. The molecule has 0 radical (unpaired) electrons. The van der Waals surface area contributed by atoms with Gasteiger partial charge in [-0.15, -0.1) is 5.10 Å². The molecule has 1 N–H and O–H groups in total. The molecule has 0 amide bonds. The first-order chi connectivity index (χ1) is 6.75. The minimum Gasteiger partial charge on any atom is -0.314 e. The van der Waals surface area contributed by atoms with Gasteiger partial charge < -0.3 is 5.32 Å². The Morgan fingerprint density at radius 1 is 1.43 bits per heavy atom. The molecule has 6 heteroatoms. The first kappa shape index (κ1) is 10.1. The summed E-state index contributed by atoms with van der Waals surface area (Å²) in [6, 6.07) is 0. The number of nitrogens with zero attached hydrogens (tertiary/aromatic N) is 4. The van der Waals surface area contributed by atoms with Gasteiger partial charge in [-0.3, -0.25) is 9.58 Å². The van der Waals surface area contributed by atoms with E-state index in [0.717, 1.165) is 38.5 Å². The fraction of sp³-hybridized carbons (Fsp3) is 0.750. The first-order valence-electron chi connectivity index (χ1n) is 4.74. The Labute approximate surface area is 91.6 Å². The highest BCUT2D eigenvalue weighted by molar-refractivity contribution is 9.10. The first-order valence-corrected chi connectivity index (χ1v) is 5.53. The van der Waals surface area contributed by atoms with Gasteiger partial charge in [-0.05, 0) is 15.9 Å². The number of piperazine rings is 1. The molecule has 1 aliphatic heterocycles. The standard InChI is InChI=1S/C8H14BrN5/c1-13-7(11-8(9)12-13)6-14-4-2-10-3-5-14/h10H,2-6H2,1H3. The van der Waals surface area contributed by atoms with Crippen LogP contribution in [-0.2, 0) is 13.6 Å². The van der Waals surface area contributed by atoms with Crippen molar-refractivity contribution in [2.75, 3.05) is 26.2 Å². The monoisotopic (exact) mass is 259 g/mol. The molecular weight excluding hydrogens is 246 g/mol. The zero-order chi connectivity index (χ0) is 9.97. The number of hydrogen-bond acceptors (Lipinski definition) is 4. The molecule has 0 aliphatic carbocycles. The molecule has 0 bridgehead atoms. The maximum atomic E-state index is 4.31. The van der Waals surface area contributed by atoms with E-state index in [0.29, 0.717) is 4.73 Å². The maximum absolute atomic E-state index is 4.31. The summed E-state index contributed by atoms with van der Waals surface area (Å²) < 4.78 is 2.50. The lowest BCUT2D eigenvalue weighted by molar-refractivity contribution is 0.225. The van der Waals surface area contributed by atoms with Crippen molar-refractivity contribution in [2.24, 2.45) is 7.05 Å². The van der Waals surface area contributed by atoms with Crippen LogP contribution in [0.4, 0.5) is 0 Å². The van der Waals surface area contributed by atoms with Crippen molar-refractivity contribution >= 4 is 15.9 Å². The smallest absolute Gasteiger partial charge is 0.217 e. The number of halogens is 1. The Hall–Kier alpha value is -0.460. The number of aryl methyl sites for hydroxylation is 1. The van der Waals surface area contributed by atoms with Crippen LogP contribution in [0.3, 0.4) is 0 Å². The highest BCUT2D eigenvalue weighted by Gasteiger charge is 2.13. The lowest BCUT2D eigenvalue weighted by Crippen LogP contribution is -2.43. The van der Waals surface area contributed by atoms with Crippen LogP contribution in [0.5, 0.6) is 0 Å². The molecule has 5 nitrogen and oxygen atoms in total. The molecule has 0 saturated carbocycles. The van der Waals surface area contributed by atoms with Gasteiger partial charge in [0.25, 0.3) is 0 Å². The van der Waals surface area contributed by atoms with Gasteiger partial charge in [-0.2, -0.15) is 0 Å². The Morgan fingerprint density at radius 3 is 2.71 bits per heavy atom. The normalized spacial score (nSPS) is 18.7. The molecule has 0 unspecified atom stereocenters. The molecule has 0 aromatic carbocycles. The quantitative estimate of drug-likeness (QED) is 0.812. The van der Waals surface area contributed by atoms with Crippen LogP contribution < -0.4 is 5.32 Å². The maximum Gasteiger partial charge on any atom is 0.217 e. The van der Waals surface area contributed by atoms with Gasteiger partial charge in [0.1, 0.15) is 5.82 Å². The molecule has 78 valence electrons. The van der Waals surface area contributed by atoms with Crippen molar-refractivity contribution in [1.82, 2.24) is 25.0 Å². The fourth-order valence-corrected chi connectivity index (χ4v) is 2.03. The Bertz CT molecular complexity index is 305. The second kappa shape index (κ2) is 4.37. The van der Waals surface area contributed by atoms with Crippen LogP contribution >= 0.6 is 15.9 Å². The van der Waals surface area contributed by atoms with Gasteiger partial charge in [-0.25, -0.2) is 4.98 Å². The van der Waals surface area contributed by atoms with Crippen molar-refractivity contribution in [3.63, 3.8) is 0 Å². The van der Waals surface area contributed by atoms with E-state index in [1.807, 2.05) is 11.7 Å². The van der Waals surface area contributed by atoms with Gasteiger partial charge in [0, 0.05) is 33.2 Å². The van der Waals surface area contributed by atoms with Crippen molar-refractivity contribution in [3.05, 3.63) is 10.6 Å². The number of nitrogens with one attached hydrogen (secondary N) is 1. The Balaban J connectivity index is 1.98. The van der Waals surface area contributed by atoms with Gasteiger partial charge in [0.05, 0.1) is 6.54 Å². The second-order valence-electron chi connectivity index (χ2n) is 3.45. The van der Waals surface area contributed by atoms with E-state index in [-0.39, 0.29) is 0 Å². The van der Waals surface area contributed by atoms with E-state index < -0.39 is 0 Å². The van der Waals surface area contributed by atoms with Crippen LogP contribution in [0, 0.1) is 0 Å². The topological polar surface area (TPSA) is 46.0 Å². The molecule has 1 aromatic rings. The van der Waals surface area contributed by atoms with E-state index >= 15 is 0 Å². The van der Waals surface area contributed by atoms with Crippen molar-refractivity contribution in [1.29, 1.82) is 0 Å². The summed E-state index contributed by atoms with van der Waals surface area (Å²) in [5.74, 6) is 1.01. The SMILES string of the molecule is Cn1nc(Br)nc1CN1CCNCC1. The summed E-state index contributed by atoms with van der Waals surface area (Å²) in [7, 11) is 1.93. The predicted octanol–water partition coefficient (Wildman–Crippen LogP) is -0.0172. The molecule has 0 atom stereocenters. The van der Waals surface area contributed by atoms with Crippen LogP contribution in [0.2, 0.25) is 0 Å². The summed E-state index contributed by atoms with van der Waals surface area (Å²) in [6.07, 6.45) is 0. The Morgan fingerprint density at radius 2 is 2.14 bits per heavy atom. The average Bonchev–Trinajstić information content (AvgIpc) is 2.47. The van der Waals surface area contributed by atoms with Crippen LogP contribution in [-0.4, -0.2) is 45.8 Å². The minimum atomic E-state index is 0.671. The zero-order valence-electron chi connectivity index (χ0n) is 8.20. The molecule has 1 fully saturated rings. The third kappa shape index (κ3) is 2.31. The van der Waals surface area contributed by atoms with E-state index in [9.17, 15) is 0 Å². The summed E-state index contributed by atoms with van der Waals surface area (Å²) in [4.78, 5) is 6.69. The predicted molar refractivity (Wildman–Crippen MR) is 56.8 cm³/mol. The third-order valence-corrected chi connectivity index (χ3v) is 2.74. The van der Waals surface area contributed by atoms with Gasteiger partial charge in [0.15, 0.2) is 0 Å². The molecule has 1 saturated heterocycles. The number of rotatable bonds is 2. The summed E-state index contributed by atoms with van der Waals surface area (Å²) in [5.41, 5.74) is 0. The highest BCUT2D eigenvalue weighted by Crippen LogP contribution is 2.06. The van der Waals surface area contributed by atoms with Gasteiger partial charge >= 0.3 is 0 Å². The Kier molecular flexibility index (Phi) is 3.15. The minimum absolute atomic E-state index is 0.671. The third-order valence-electron chi connectivity index (χ3n) is 2.40. The molecule has 1 aliphatic rings. The number of aromatic nitrogens is 3. The summed E-state index contributed by atoms with van der Waals surface area (Å²) in [6.45, 7) is 5.20. The average molecular weight is 260 g/mol. The number of hydrogen-bond donors (Lipinski definition) is 1. The molecule has 1 aromatic heterocycles. The molecule has 0 spiro atoms. The van der Waals surface area contributed by atoms with Crippen LogP contribution in [0.25, 0.3) is 0 Å². The van der Waals surface area contributed by atoms with E-state index in [1.54, 1.807) is 0 Å². The molecule has 2 rings (SSSR count). The van der Waals surface area contributed by atoms with Gasteiger partial charge in [0.2, 0.25) is 4.73 Å². The molecule has 2 heterocycles. The summed E-state index contributed by atoms with van der Waals surface area (Å²) >= 11 is 3.27. The van der Waals surface area contributed by atoms with Crippen molar-refractivity contribution in [3.8, 4) is 0 Å². The lowest BCUT2D eigenvalue weighted by Gasteiger charge is -2.26. The van der Waals surface area contributed by atoms with Gasteiger partial charge in [-0.1, -0.05) is 0 Å². The van der Waals surface area contributed by atoms with Crippen LogP contribution in [0.1, 0.15) is 5.82 Å². The lowest BCUT2D eigenvalue weighted by atomic mass is 10.3. The highest BCUT2D eigenvalue weighted by atomic mass is 79.9. The van der Waals surface area contributed by atoms with Crippen molar-refractivity contribution in [2.45, 2.75) is 6.54 Å². The fourth-order valence-electron chi connectivity index (χ4n) is 1.59. The zero-order valence-corrected chi connectivity index (χ0v) is 9.79. The van der Waals surface area contributed by atoms with E-state index in [4.69, 9.17) is 0 Å². The van der Waals surface area contributed by atoms with E-state index in [2.05, 4.69) is 36.2 Å². The molecule has 14 heavy (non-hydrogen) atoms. The molecular formula is C8H14BrN5. The second-order valence-corrected chi connectivity index (χ2v) is 4.16. The van der Waals surface area contributed by atoms with Crippen molar-refractivity contribution < 1.29 is 0 Å².